The SMILES string of the molecule is Cc1[nH]c2ccccc2c1C(N)C1(C)CC1. The van der Waals surface area contributed by atoms with Crippen LogP contribution in [0.1, 0.15) is 37.1 Å². The van der Waals surface area contributed by atoms with Crippen LogP contribution in [-0.4, -0.2) is 4.98 Å². The highest BCUT2D eigenvalue weighted by molar-refractivity contribution is 5.85. The molecule has 0 amide bonds. The predicted octanol–water partition coefficient (Wildman–Crippen LogP) is 3.28. The lowest BCUT2D eigenvalue weighted by atomic mass is 9.91. The number of aromatic amines is 1. The maximum atomic E-state index is 6.43. The first kappa shape index (κ1) is 9.91. The van der Waals surface area contributed by atoms with Crippen molar-refractivity contribution in [2.24, 2.45) is 11.1 Å². The van der Waals surface area contributed by atoms with E-state index in [4.69, 9.17) is 5.73 Å². The van der Waals surface area contributed by atoms with E-state index in [2.05, 4.69) is 43.1 Å². The first-order valence-electron chi connectivity index (χ1n) is 5.95. The Morgan fingerprint density at radius 3 is 2.69 bits per heavy atom. The lowest BCUT2D eigenvalue weighted by Crippen LogP contribution is -2.20. The Bertz CT molecular complexity index is 535. The monoisotopic (exact) mass is 214 g/mol. The lowest BCUT2D eigenvalue weighted by Gasteiger charge is -2.19. The molecule has 1 aromatic carbocycles. The zero-order valence-electron chi connectivity index (χ0n) is 9.88. The largest absolute Gasteiger partial charge is 0.358 e. The molecule has 3 N–H and O–H groups in total. The molecule has 0 spiro atoms. The van der Waals surface area contributed by atoms with E-state index in [9.17, 15) is 0 Å². The molecular formula is C14H18N2. The average Bonchev–Trinajstić information content (AvgIpc) is 2.92. The van der Waals surface area contributed by atoms with Crippen molar-refractivity contribution in [2.45, 2.75) is 32.7 Å². The smallest absolute Gasteiger partial charge is 0.0459 e. The van der Waals surface area contributed by atoms with Crippen LogP contribution in [0.2, 0.25) is 0 Å². The van der Waals surface area contributed by atoms with E-state index >= 15 is 0 Å². The number of nitrogens with two attached hydrogens (primary N) is 1. The normalized spacial score (nSPS) is 19.9. The van der Waals surface area contributed by atoms with Crippen LogP contribution in [0.25, 0.3) is 10.9 Å². The summed E-state index contributed by atoms with van der Waals surface area (Å²) in [5, 5.41) is 1.29. The van der Waals surface area contributed by atoms with Crippen molar-refractivity contribution < 1.29 is 0 Å². The number of para-hydroxylation sites is 1. The van der Waals surface area contributed by atoms with Gasteiger partial charge in [-0.15, -0.1) is 0 Å². The second-order valence-corrected chi connectivity index (χ2v) is 5.34. The molecule has 0 saturated heterocycles. The number of fused-ring (bicyclic) bond motifs is 1. The molecule has 0 radical (unpaired) electrons. The van der Waals surface area contributed by atoms with Crippen molar-refractivity contribution in [1.29, 1.82) is 0 Å². The highest BCUT2D eigenvalue weighted by Gasteiger charge is 2.44. The molecule has 1 heterocycles. The Morgan fingerprint density at radius 1 is 1.31 bits per heavy atom. The molecule has 1 aliphatic rings. The zero-order chi connectivity index (χ0) is 11.3. The van der Waals surface area contributed by atoms with Crippen LogP contribution in [0.15, 0.2) is 24.3 Å². The van der Waals surface area contributed by atoms with Crippen LogP contribution in [-0.2, 0) is 0 Å². The number of rotatable bonds is 2. The number of aromatic nitrogens is 1. The van der Waals surface area contributed by atoms with Gasteiger partial charge in [-0.3, -0.25) is 0 Å². The molecule has 16 heavy (non-hydrogen) atoms. The van der Waals surface area contributed by atoms with E-state index in [1.165, 1.54) is 35.0 Å². The highest BCUT2D eigenvalue weighted by atomic mass is 14.8. The van der Waals surface area contributed by atoms with E-state index in [0.717, 1.165) is 0 Å². The molecule has 1 atom stereocenters. The van der Waals surface area contributed by atoms with Gasteiger partial charge >= 0.3 is 0 Å². The van der Waals surface area contributed by atoms with Crippen molar-refractivity contribution in [3.8, 4) is 0 Å². The number of benzene rings is 1. The van der Waals surface area contributed by atoms with Crippen molar-refractivity contribution in [3.05, 3.63) is 35.5 Å². The minimum Gasteiger partial charge on any atom is -0.358 e. The zero-order valence-corrected chi connectivity index (χ0v) is 9.88. The molecule has 0 aliphatic heterocycles. The molecule has 1 saturated carbocycles. The quantitative estimate of drug-likeness (QED) is 0.791. The van der Waals surface area contributed by atoms with E-state index in [1.54, 1.807) is 0 Å². The Hall–Kier alpha value is -1.28. The van der Waals surface area contributed by atoms with Gasteiger partial charge in [0.2, 0.25) is 0 Å². The molecule has 3 rings (SSSR count). The number of hydrogen-bond acceptors (Lipinski definition) is 1. The summed E-state index contributed by atoms with van der Waals surface area (Å²) in [5.41, 5.74) is 10.5. The lowest BCUT2D eigenvalue weighted by molar-refractivity contribution is 0.452. The maximum Gasteiger partial charge on any atom is 0.0459 e. The van der Waals surface area contributed by atoms with E-state index in [0.29, 0.717) is 5.41 Å². The minimum absolute atomic E-state index is 0.170. The van der Waals surface area contributed by atoms with Gasteiger partial charge in [0.1, 0.15) is 0 Å². The van der Waals surface area contributed by atoms with Crippen LogP contribution in [0.5, 0.6) is 0 Å². The number of aryl methyl sites for hydroxylation is 1. The van der Waals surface area contributed by atoms with Gasteiger partial charge < -0.3 is 10.7 Å². The van der Waals surface area contributed by atoms with Gasteiger partial charge in [-0.25, -0.2) is 0 Å². The molecule has 1 aromatic heterocycles. The summed E-state index contributed by atoms with van der Waals surface area (Å²) < 4.78 is 0. The Labute approximate surface area is 95.8 Å². The second kappa shape index (κ2) is 3.11. The Morgan fingerprint density at radius 2 is 2.00 bits per heavy atom. The summed E-state index contributed by atoms with van der Waals surface area (Å²) in [7, 11) is 0. The van der Waals surface area contributed by atoms with Crippen molar-refractivity contribution in [3.63, 3.8) is 0 Å². The first-order valence-corrected chi connectivity index (χ1v) is 5.95. The number of hydrogen-bond donors (Lipinski definition) is 2. The van der Waals surface area contributed by atoms with Gasteiger partial charge in [0.25, 0.3) is 0 Å². The van der Waals surface area contributed by atoms with Crippen LogP contribution in [0.4, 0.5) is 0 Å². The average molecular weight is 214 g/mol. The molecule has 2 nitrogen and oxygen atoms in total. The Kier molecular flexibility index (Phi) is 1.93. The molecule has 1 fully saturated rings. The Balaban J connectivity index is 2.18. The van der Waals surface area contributed by atoms with Crippen molar-refractivity contribution >= 4 is 10.9 Å². The minimum atomic E-state index is 0.170. The third-order valence-corrected chi connectivity index (χ3v) is 4.04. The van der Waals surface area contributed by atoms with Gasteiger partial charge in [0.15, 0.2) is 0 Å². The van der Waals surface area contributed by atoms with Gasteiger partial charge in [-0.1, -0.05) is 25.1 Å². The van der Waals surface area contributed by atoms with E-state index < -0.39 is 0 Å². The fourth-order valence-electron chi connectivity index (χ4n) is 2.56. The van der Waals surface area contributed by atoms with Crippen molar-refractivity contribution in [2.75, 3.05) is 0 Å². The summed E-state index contributed by atoms with van der Waals surface area (Å²) in [5.74, 6) is 0. The van der Waals surface area contributed by atoms with E-state index in [1.807, 2.05) is 0 Å². The number of nitrogens with one attached hydrogen (secondary N) is 1. The molecule has 2 aromatic rings. The standard InChI is InChI=1S/C14H18N2/c1-9-12(13(15)14(2)7-8-14)10-5-3-4-6-11(10)16-9/h3-6,13,16H,7-8,15H2,1-2H3. The van der Waals surface area contributed by atoms with Gasteiger partial charge in [0.05, 0.1) is 0 Å². The fourth-order valence-corrected chi connectivity index (χ4v) is 2.56. The number of H-pyrrole nitrogens is 1. The molecule has 1 unspecified atom stereocenters. The fraction of sp³-hybridized carbons (Fsp3) is 0.429. The van der Waals surface area contributed by atoms with Crippen LogP contribution >= 0.6 is 0 Å². The summed E-state index contributed by atoms with van der Waals surface area (Å²) >= 11 is 0. The molecule has 84 valence electrons. The van der Waals surface area contributed by atoms with Gasteiger partial charge in [0, 0.05) is 22.6 Å². The topological polar surface area (TPSA) is 41.8 Å². The summed E-state index contributed by atoms with van der Waals surface area (Å²) in [6.07, 6.45) is 2.51. The first-order chi connectivity index (χ1) is 7.62. The van der Waals surface area contributed by atoms with Crippen LogP contribution in [0.3, 0.4) is 0 Å². The van der Waals surface area contributed by atoms with Gasteiger partial charge in [-0.2, -0.15) is 0 Å². The highest BCUT2D eigenvalue weighted by Crippen LogP contribution is 2.54. The summed E-state index contributed by atoms with van der Waals surface area (Å²) in [4.78, 5) is 3.43. The van der Waals surface area contributed by atoms with E-state index in [-0.39, 0.29) is 6.04 Å². The molecule has 1 aliphatic carbocycles. The van der Waals surface area contributed by atoms with Gasteiger partial charge in [-0.05, 0) is 36.8 Å². The summed E-state index contributed by atoms with van der Waals surface area (Å²) in [6.45, 7) is 4.42. The van der Waals surface area contributed by atoms with Crippen molar-refractivity contribution in [1.82, 2.24) is 4.98 Å². The molecule has 2 heteroatoms. The second-order valence-electron chi connectivity index (χ2n) is 5.34. The van der Waals surface area contributed by atoms with Crippen LogP contribution in [0, 0.1) is 12.3 Å². The molecule has 0 bridgehead atoms. The third-order valence-electron chi connectivity index (χ3n) is 4.04. The summed E-state index contributed by atoms with van der Waals surface area (Å²) in [6, 6.07) is 8.60. The maximum absolute atomic E-state index is 6.43. The third kappa shape index (κ3) is 1.30. The predicted molar refractivity (Wildman–Crippen MR) is 67.3 cm³/mol. The van der Waals surface area contributed by atoms with Crippen LogP contribution < -0.4 is 5.73 Å². The molecular weight excluding hydrogens is 196 g/mol.